The minimum Gasteiger partial charge on any atom is -0.496 e. The van der Waals surface area contributed by atoms with Crippen molar-refractivity contribution in [2.24, 2.45) is 4.99 Å². The summed E-state index contributed by atoms with van der Waals surface area (Å²) in [5.41, 5.74) is 0.677. The van der Waals surface area contributed by atoms with Crippen LogP contribution in [0, 0.1) is 0 Å². The Morgan fingerprint density at radius 1 is 1.02 bits per heavy atom. The predicted molar refractivity (Wildman–Crippen MR) is 197 cm³/mol. The van der Waals surface area contributed by atoms with Gasteiger partial charge >= 0.3 is 6.18 Å². The number of benzene rings is 3. The van der Waals surface area contributed by atoms with E-state index in [4.69, 9.17) is 14.1 Å². The van der Waals surface area contributed by atoms with Crippen LogP contribution in [-0.2, 0) is 11.0 Å². The van der Waals surface area contributed by atoms with Crippen LogP contribution in [0.25, 0.3) is 28.1 Å². The molecule has 53 heavy (non-hydrogen) atoms. The average molecular weight is 756 g/mol. The number of ether oxygens (including phenoxy) is 1. The lowest BCUT2D eigenvalue weighted by Crippen LogP contribution is -2.43. The number of likely N-dealkylation sites (N-methyl/N-ethyl adjacent to an activating group) is 1. The normalized spacial score (nSPS) is 14.7. The molecule has 6 aromatic rings. The molecule has 1 amide bonds. The first-order valence-electron chi connectivity index (χ1n) is 16.7. The highest BCUT2D eigenvalue weighted by Gasteiger charge is 2.37. The number of furan rings is 1. The molecule has 1 atom stereocenters. The summed E-state index contributed by atoms with van der Waals surface area (Å²) in [5.74, 6) is 0.565. The number of fused-ring (bicyclic) bond motifs is 2. The molecule has 3 aromatic heterocycles. The standard InChI is InChI=1S/C39H32F3N5O4S2/c1-5-46(6-2)36(49)32-22(3)43-38-47(34(32)33-26-15-11-10-12-23(26)16-18-28(33)50-4)35(48)29(52-38)20-25-17-19-31(51-25)53-37-44-27(24-13-8-7-9-14-24)21-30(45-37)39(40,41)42/h7-21,34H,5-6H2,1-4H3/b29-20-/t34-/m1/s1. The number of methoxy groups -OCH3 is 1. The lowest BCUT2D eigenvalue weighted by Gasteiger charge is -2.30. The third kappa shape index (κ3) is 6.91. The fourth-order valence-corrected chi connectivity index (χ4v) is 8.11. The zero-order chi connectivity index (χ0) is 37.4. The first kappa shape index (κ1) is 35.9. The monoisotopic (exact) mass is 755 g/mol. The van der Waals surface area contributed by atoms with Gasteiger partial charge in [0.25, 0.3) is 11.5 Å². The average Bonchev–Trinajstić information content (AvgIpc) is 3.72. The summed E-state index contributed by atoms with van der Waals surface area (Å²) in [4.78, 5) is 43.6. The summed E-state index contributed by atoms with van der Waals surface area (Å²) < 4.78 is 55.1. The number of amides is 1. The van der Waals surface area contributed by atoms with Gasteiger partial charge in [0.1, 0.15) is 23.2 Å². The van der Waals surface area contributed by atoms with Gasteiger partial charge in [0.05, 0.1) is 28.6 Å². The van der Waals surface area contributed by atoms with Crippen molar-refractivity contribution < 1.29 is 27.1 Å². The fraction of sp³-hybridized carbons (Fsp3) is 0.205. The molecule has 4 heterocycles. The molecule has 0 saturated carbocycles. The Bertz CT molecular complexity index is 2570. The predicted octanol–water partition coefficient (Wildman–Crippen LogP) is 7.49. The number of carbonyl (C=O) groups excluding carboxylic acids is 1. The Labute approximate surface area is 309 Å². The van der Waals surface area contributed by atoms with E-state index in [9.17, 15) is 22.8 Å². The van der Waals surface area contributed by atoms with Crippen LogP contribution in [0.1, 0.15) is 43.8 Å². The molecule has 1 aliphatic rings. The Kier molecular flexibility index (Phi) is 9.83. The largest absolute Gasteiger partial charge is 0.496 e. The lowest BCUT2D eigenvalue weighted by atomic mass is 9.90. The molecular weight excluding hydrogens is 724 g/mol. The van der Waals surface area contributed by atoms with Crippen molar-refractivity contribution in [3.63, 3.8) is 0 Å². The highest BCUT2D eigenvalue weighted by atomic mass is 32.2. The topological polar surface area (TPSA) is 103 Å². The van der Waals surface area contributed by atoms with E-state index in [1.165, 1.54) is 4.57 Å². The number of alkyl halides is 3. The van der Waals surface area contributed by atoms with Crippen molar-refractivity contribution in [3.05, 3.63) is 133 Å². The van der Waals surface area contributed by atoms with Gasteiger partial charge in [0.15, 0.2) is 15.1 Å². The smallest absolute Gasteiger partial charge is 0.433 e. The van der Waals surface area contributed by atoms with Crippen molar-refractivity contribution >= 4 is 45.9 Å². The molecule has 3 aromatic carbocycles. The Morgan fingerprint density at radius 3 is 2.47 bits per heavy atom. The molecule has 0 fully saturated rings. The van der Waals surface area contributed by atoms with Gasteiger partial charge in [-0.05, 0) is 67.6 Å². The fourth-order valence-electron chi connectivity index (χ4n) is 6.34. The number of hydrogen-bond acceptors (Lipinski definition) is 9. The van der Waals surface area contributed by atoms with Gasteiger partial charge in [-0.2, -0.15) is 13.2 Å². The molecular formula is C39H32F3N5O4S2. The SMILES string of the molecule is CCN(CC)C(=O)C1=C(C)N=c2s/c(=C\c3ccc(Sc4nc(-c5ccccc5)cc(C(F)(F)F)n4)o3)c(=O)n2[C@H]1c1c(OC)ccc2ccccc12. The number of carbonyl (C=O) groups is 1. The van der Waals surface area contributed by atoms with Crippen LogP contribution < -0.4 is 19.6 Å². The van der Waals surface area contributed by atoms with Crippen molar-refractivity contribution in [1.82, 2.24) is 19.4 Å². The molecule has 0 radical (unpaired) electrons. The zero-order valence-electron chi connectivity index (χ0n) is 29.0. The van der Waals surface area contributed by atoms with E-state index in [0.717, 1.165) is 39.9 Å². The maximum atomic E-state index is 14.4. The summed E-state index contributed by atoms with van der Waals surface area (Å²) in [7, 11) is 1.55. The van der Waals surface area contributed by atoms with Gasteiger partial charge in [0, 0.05) is 30.3 Å². The van der Waals surface area contributed by atoms with Crippen LogP contribution in [0.4, 0.5) is 13.2 Å². The highest BCUT2D eigenvalue weighted by molar-refractivity contribution is 7.99. The van der Waals surface area contributed by atoms with Crippen LogP contribution in [0.15, 0.2) is 121 Å². The second kappa shape index (κ2) is 14.5. The molecule has 14 heteroatoms. The summed E-state index contributed by atoms with van der Waals surface area (Å²) in [5, 5.41) is 1.81. The molecule has 0 unspecified atom stereocenters. The van der Waals surface area contributed by atoms with Gasteiger partial charge in [-0.3, -0.25) is 14.2 Å². The number of halogens is 3. The molecule has 0 saturated heterocycles. The third-order valence-electron chi connectivity index (χ3n) is 8.86. The molecule has 0 spiro atoms. The van der Waals surface area contributed by atoms with Crippen LogP contribution in [-0.4, -0.2) is 45.5 Å². The van der Waals surface area contributed by atoms with Crippen LogP contribution in [0.3, 0.4) is 0 Å². The van der Waals surface area contributed by atoms with Gasteiger partial charge in [-0.15, -0.1) is 0 Å². The first-order chi connectivity index (χ1) is 25.5. The maximum absolute atomic E-state index is 14.4. The molecule has 1 aliphatic heterocycles. The highest BCUT2D eigenvalue weighted by Crippen LogP contribution is 2.41. The number of nitrogens with zero attached hydrogens (tertiary/aromatic N) is 5. The number of aromatic nitrogens is 3. The van der Waals surface area contributed by atoms with Crippen molar-refractivity contribution in [2.45, 2.75) is 43.2 Å². The van der Waals surface area contributed by atoms with Crippen LogP contribution in [0.2, 0.25) is 0 Å². The van der Waals surface area contributed by atoms with E-state index in [-0.39, 0.29) is 32.1 Å². The lowest BCUT2D eigenvalue weighted by molar-refractivity contribution is -0.141. The van der Waals surface area contributed by atoms with Crippen LogP contribution in [0.5, 0.6) is 5.75 Å². The quantitative estimate of drug-likeness (QED) is 0.141. The summed E-state index contributed by atoms with van der Waals surface area (Å²) in [6.45, 7) is 6.50. The van der Waals surface area contributed by atoms with Crippen molar-refractivity contribution in [1.29, 1.82) is 0 Å². The van der Waals surface area contributed by atoms with E-state index >= 15 is 0 Å². The Morgan fingerprint density at radius 2 is 1.75 bits per heavy atom. The molecule has 7 rings (SSSR count). The number of hydrogen-bond donors (Lipinski definition) is 0. The van der Waals surface area contributed by atoms with E-state index in [0.29, 0.717) is 46.0 Å². The molecule has 0 N–H and O–H groups in total. The third-order valence-corrected chi connectivity index (χ3v) is 10.6. The molecule has 270 valence electrons. The van der Waals surface area contributed by atoms with Gasteiger partial charge in [-0.25, -0.2) is 15.0 Å². The summed E-state index contributed by atoms with van der Waals surface area (Å²) in [6, 6.07) is 23.3. The molecule has 9 nitrogen and oxygen atoms in total. The van der Waals surface area contributed by atoms with Crippen LogP contribution >= 0.6 is 23.1 Å². The number of thiazole rings is 1. The second-order valence-corrected chi connectivity index (χ2v) is 14.0. The van der Waals surface area contributed by atoms with Gasteiger partial charge in [0.2, 0.25) is 0 Å². The Balaban J connectivity index is 1.32. The molecule has 0 aliphatic carbocycles. The van der Waals surface area contributed by atoms with E-state index < -0.39 is 23.5 Å². The zero-order valence-corrected chi connectivity index (χ0v) is 30.6. The minimum atomic E-state index is -4.69. The minimum absolute atomic E-state index is 0.120. The van der Waals surface area contributed by atoms with Gasteiger partial charge < -0.3 is 14.1 Å². The van der Waals surface area contributed by atoms with E-state index in [1.807, 2.05) is 50.2 Å². The second-order valence-electron chi connectivity index (χ2n) is 12.0. The summed E-state index contributed by atoms with van der Waals surface area (Å²) >= 11 is 1.97. The maximum Gasteiger partial charge on any atom is 0.433 e. The number of rotatable bonds is 9. The first-order valence-corrected chi connectivity index (χ1v) is 18.3. The molecule has 0 bridgehead atoms. The Hall–Kier alpha value is -5.47. The van der Waals surface area contributed by atoms with Crippen molar-refractivity contribution in [3.8, 4) is 17.0 Å². The van der Waals surface area contributed by atoms with E-state index in [2.05, 4.69) is 9.97 Å². The summed E-state index contributed by atoms with van der Waals surface area (Å²) in [6.07, 6.45) is -3.13. The van der Waals surface area contributed by atoms with E-state index in [1.54, 1.807) is 67.5 Å². The van der Waals surface area contributed by atoms with Crippen molar-refractivity contribution in [2.75, 3.05) is 20.2 Å². The number of allylic oxidation sites excluding steroid dienone is 1. The van der Waals surface area contributed by atoms with Gasteiger partial charge in [-0.1, -0.05) is 72.0 Å².